The smallest absolute Gasteiger partial charge is 0.148 e. The zero-order chi connectivity index (χ0) is 9.60. The standard InChI is InChI=1S/C11H15N3/c12-11(5-6-11)10-13-7-8-3-1-2-4-9(8)14-10/h7H,1-6,12H2. The number of fused-ring (bicyclic) bond motifs is 1. The van der Waals surface area contributed by atoms with E-state index in [2.05, 4.69) is 9.97 Å². The van der Waals surface area contributed by atoms with Crippen LogP contribution in [0.4, 0.5) is 0 Å². The van der Waals surface area contributed by atoms with Gasteiger partial charge in [0.15, 0.2) is 0 Å². The van der Waals surface area contributed by atoms with Crippen molar-refractivity contribution in [2.24, 2.45) is 5.73 Å². The third kappa shape index (κ3) is 1.23. The SMILES string of the molecule is NC1(c2ncc3c(n2)CCCC3)CC1. The lowest BCUT2D eigenvalue weighted by atomic mass is 9.97. The summed E-state index contributed by atoms with van der Waals surface area (Å²) in [6.07, 6.45) is 8.89. The largest absolute Gasteiger partial charge is 0.319 e. The van der Waals surface area contributed by atoms with Gasteiger partial charge in [-0.25, -0.2) is 9.97 Å². The Hall–Kier alpha value is -0.960. The summed E-state index contributed by atoms with van der Waals surface area (Å²) < 4.78 is 0. The predicted molar refractivity (Wildman–Crippen MR) is 53.8 cm³/mol. The van der Waals surface area contributed by atoms with Gasteiger partial charge in [-0.1, -0.05) is 0 Å². The summed E-state index contributed by atoms with van der Waals surface area (Å²) in [5.74, 6) is 0.873. The van der Waals surface area contributed by atoms with Gasteiger partial charge in [-0.15, -0.1) is 0 Å². The minimum Gasteiger partial charge on any atom is -0.319 e. The van der Waals surface area contributed by atoms with Gasteiger partial charge >= 0.3 is 0 Å². The highest BCUT2D eigenvalue weighted by Gasteiger charge is 2.43. The second-order valence-corrected chi connectivity index (χ2v) is 4.53. The number of rotatable bonds is 1. The van der Waals surface area contributed by atoms with Crippen LogP contribution in [-0.2, 0) is 18.4 Å². The van der Waals surface area contributed by atoms with Gasteiger partial charge in [0, 0.05) is 11.9 Å². The summed E-state index contributed by atoms with van der Waals surface area (Å²) in [5.41, 5.74) is 8.49. The minimum atomic E-state index is -0.174. The van der Waals surface area contributed by atoms with Crippen LogP contribution in [0.2, 0.25) is 0 Å². The molecule has 0 bridgehead atoms. The summed E-state index contributed by atoms with van der Waals surface area (Å²) in [4.78, 5) is 9.00. The van der Waals surface area contributed by atoms with Crippen molar-refractivity contribution in [1.82, 2.24) is 9.97 Å². The van der Waals surface area contributed by atoms with E-state index in [4.69, 9.17) is 5.73 Å². The van der Waals surface area contributed by atoms with Crippen LogP contribution in [0.15, 0.2) is 6.20 Å². The Morgan fingerprint density at radius 1 is 1.21 bits per heavy atom. The van der Waals surface area contributed by atoms with Crippen molar-refractivity contribution in [2.45, 2.75) is 44.1 Å². The molecule has 0 spiro atoms. The lowest BCUT2D eigenvalue weighted by Crippen LogP contribution is -2.23. The number of hydrogen-bond acceptors (Lipinski definition) is 3. The molecule has 1 aromatic rings. The zero-order valence-corrected chi connectivity index (χ0v) is 8.29. The van der Waals surface area contributed by atoms with Crippen LogP contribution >= 0.6 is 0 Å². The molecule has 0 aromatic carbocycles. The zero-order valence-electron chi connectivity index (χ0n) is 8.29. The molecule has 2 aliphatic rings. The van der Waals surface area contributed by atoms with Crippen LogP contribution in [0.1, 0.15) is 42.8 Å². The van der Waals surface area contributed by atoms with Gasteiger partial charge in [-0.3, -0.25) is 0 Å². The molecular formula is C11H15N3. The number of hydrogen-bond donors (Lipinski definition) is 1. The van der Waals surface area contributed by atoms with Crippen LogP contribution in [0.5, 0.6) is 0 Å². The van der Waals surface area contributed by atoms with Crippen molar-refractivity contribution < 1.29 is 0 Å². The van der Waals surface area contributed by atoms with Crippen LogP contribution < -0.4 is 5.73 Å². The summed E-state index contributed by atoms with van der Waals surface area (Å²) in [6.45, 7) is 0. The van der Waals surface area contributed by atoms with Crippen LogP contribution in [0.25, 0.3) is 0 Å². The van der Waals surface area contributed by atoms with E-state index in [0.29, 0.717) is 0 Å². The van der Waals surface area contributed by atoms with E-state index in [1.807, 2.05) is 6.20 Å². The van der Waals surface area contributed by atoms with Crippen molar-refractivity contribution >= 4 is 0 Å². The predicted octanol–water partition coefficient (Wildman–Crippen LogP) is 1.30. The molecule has 3 nitrogen and oxygen atoms in total. The molecule has 1 heterocycles. The fourth-order valence-electron chi connectivity index (χ4n) is 2.07. The van der Waals surface area contributed by atoms with Crippen LogP contribution in [0.3, 0.4) is 0 Å². The van der Waals surface area contributed by atoms with Gasteiger partial charge in [-0.05, 0) is 44.1 Å². The molecule has 1 aromatic heterocycles. The first-order valence-electron chi connectivity index (χ1n) is 5.42. The normalized spacial score (nSPS) is 22.9. The molecule has 1 saturated carbocycles. The first kappa shape index (κ1) is 8.36. The van der Waals surface area contributed by atoms with Gasteiger partial charge in [0.1, 0.15) is 5.82 Å². The number of aryl methyl sites for hydroxylation is 2. The Kier molecular flexibility index (Phi) is 1.65. The molecule has 74 valence electrons. The van der Waals surface area contributed by atoms with Gasteiger partial charge < -0.3 is 5.73 Å². The number of nitrogens with two attached hydrogens (primary N) is 1. The molecule has 0 radical (unpaired) electrons. The Morgan fingerprint density at radius 2 is 2.00 bits per heavy atom. The van der Waals surface area contributed by atoms with Crippen molar-refractivity contribution in [1.29, 1.82) is 0 Å². The Bertz CT molecular complexity index is 369. The highest BCUT2D eigenvalue weighted by molar-refractivity contribution is 5.24. The maximum Gasteiger partial charge on any atom is 0.148 e. The van der Waals surface area contributed by atoms with Crippen molar-refractivity contribution in [2.75, 3.05) is 0 Å². The van der Waals surface area contributed by atoms with Gasteiger partial charge in [0.25, 0.3) is 0 Å². The monoisotopic (exact) mass is 189 g/mol. The molecule has 0 unspecified atom stereocenters. The fraction of sp³-hybridized carbons (Fsp3) is 0.636. The molecule has 0 atom stereocenters. The average Bonchev–Trinajstić information content (AvgIpc) is 2.97. The third-order valence-electron chi connectivity index (χ3n) is 3.30. The van der Waals surface area contributed by atoms with Crippen LogP contribution in [-0.4, -0.2) is 9.97 Å². The lowest BCUT2D eigenvalue weighted by Gasteiger charge is -2.16. The van der Waals surface area contributed by atoms with Gasteiger partial charge in [0.05, 0.1) is 5.54 Å². The van der Waals surface area contributed by atoms with E-state index in [0.717, 1.165) is 31.5 Å². The summed E-state index contributed by atoms with van der Waals surface area (Å²) in [5, 5.41) is 0. The molecule has 14 heavy (non-hydrogen) atoms. The first-order chi connectivity index (χ1) is 6.78. The minimum absolute atomic E-state index is 0.174. The molecule has 0 aliphatic heterocycles. The molecule has 3 heteroatoms. The summed E-state index contributed by atoms with van der Waals surface area (Å²) in [7, 11) is 0. The summed E-state index contributed by atoms with van der Waals surface area (Å²) >= 11 is 0. The van der Waals surface area contributed by atoms with Crippen LogP contribution in [0, 0.1) is 0 Å². The first-order valence-corrected chi connectivity index (χ1v) is 5.42. The van der Waals surface area contributed by atoms with Crippen molar-refractivity contribution in [3.63, 3.8) is 0 Å². The Balaban J connectivity index is 2.01. The second-order valence-electron chi connectivity index (χ2n) is 4.53. The highest BCUT2D eigenvalue weighted by atomic mass is 15.0. The van der Waals surface area contributed by atoms with E-state index in [9.17, 15) is 0 Å². The second kappa shape index (κ2) is 2.76. The van der Waals surface area contributed by atoms with Crippen molar-refractivity contribution in [3.8, 4) is 0 Å². The van der Waals surface area contributed by atoms with E-state index < -0.39 is 0 Å². The Morgan fingerprint density at radius 3 is 2.79 bits per heavy atom. The molecular weight excluding hydrogens is 174 g/mol. The summed E-state index contributed by atoms with van der Waals surface area (Å²) in [6, 6.07) is 0. The Labute approximate surface area is 83.8 Å². The highest BCUT2D eigenvalue weighted by Crippen LogP contribution is 2.40. The third-order valence-corrected chi connectivity index (χ3v) is 3.30. The lowest BCUT2D eigenvalue weighted by molar-refractivity contribution is 0.618. The van der Waals surface area contributed by atoms with E-state index in [1.165, 1.54) is 24.1 Å². The molecule has 0 amide bonds. The maximum absolute atomic E-state index is 6.08. The average molecular weight is 189 g/mol. The fourth-order valence-corrected chi connectivity index (χ4v) is 2.07. The molecule has 3 rings (SSSR count). The molecule has 2 N–H and O–H groups in total. The topological polar surface area (TPSA) is 51.8 Å². The van der Waals surface area contributed by atoms with E-state index >= 15 is 0 Å². The van der Waals surface area contributed by atoms with Crippen molar-refractivity contribution in [3.05, 3.63) is 23.3 Å². The maximum atomic E-state index is 6.08. The number of nitrogens with zero attached hydrogens (tertiary/aromatic N) is 2. The number of aromatic nitrogens is 2. The molecule has 1 fully saturated rings. The van der Waals surface area contributed by atoms with Gasteiger partial charge in [-0.2, -0.15) is 0 Å². The quantitative estimate of drug-likeness (QED) is 0.724. The van der Waals surface area contributed by atoms with Gasteiger partial charge in [0.2, 0.25) is 0 Å². The van der Waals surface area contributed by atoms with E-state index in [-0.39, 0.29) is 5.54 Å². The van der Waals surface area contributed by atoms with E-state index in [1.54, 1.807) is 0 Å². The molecule has 2 aliphatic carbocycles. The molecule has 0 saturated heterocycles.